The fourth-order valence-electron chi connectivity index (χ4n) is 3.44. The maximum Gasteiger partial charge on any atom is 0.231 e. The Hall–Kier alpha value is -3.19. The molecule has 2 aliphatic heterocycles. The maximum absolute atomic E-state index is 6.00. The van der Waals surface area contributed by atoms with Crippen molar-refractivity contribution in [3.05, 3.63) is 54.2 Å². The van der Waals surface area contributed by atoms with Crippen molar-refractivity contribution in [2.24, 2.45) is 0 Å². The van der Waals surface area contributed by atoms with Crippen molar-refractivity contribution in [1.82, 2.24) is 15.5 Å². The van der Waals surface area contributed by atoms with Crippen LogP contribution < -0.4 is 24.3 Å². The Morgan fingerprint density at radius 2 is 1.86 bits per heavy atom. The van der Waals surface area contributed by atoms with E-state index in [4.69, 9.17) is 18.9 Å². The number of ether oxygens (including phenoxy) is 4. The smallest absolute Gasteiger partial charge is 0.231 e. The molecule has 3 aromatic rings. The Balaban J connectivity index is 1.16. The molecule has 0 radical (unpaired) electrons. The molecule has 0 saturated heterocycles. The van der Waals surface area contributed by atoms with Crippen LogP contribution in [-0.2, 0) is 6.54 Å². The molecule has 7 nitrogen and oxygen atoms in total. The van der Waals surface area contributed by atoms with Crippen LogP contribution in [0.25, 0.3) is 11.3 Å². The first-order valence-electron chi connectivity index (χ1n) is 9.38. The van der Waals surface area contributed by atoms with Crippen LogP contribution in [-0.4, -0.2) is 36.2 Å². The molecule has 0 fully saturated rings. The highest BCUT2D eigenvalue weighted by molar-refractivity contribution is 5.66. The minimum Gasteiger partial charge on any atom is -0.486 e. The summed E-state index contributed by atoms with van der Waals surface area (Å²) in [6.07, 6.45) is 2.77. The van der Waals surface area contributed by atoms with Gasteiger partial charge in [-0.25, -0.2) is 0 Å². The van der Waals surface area contributed by atoms with Crippen LogP contribution >= 0.6 is 0 Å². The number of nitrogens with zero attached hydrogens (tertiary/aromatic N) is 1. The van der Waals surface area contributed by atoms with Crippen molar-refractivity contribution in [1.29, 1.82) is 0 Å². The predicted molar refractivity (Wildman–Crippen MR) is 103 cm³/mol. The summed E-state index contributed by atoms with van der Waals surface area (Å²) >= 11 is 0. The molecule has 144 valence electrons. The average Bonchev–Trinajstić information content (AvgIpc) is 3.39. The van der Waals surface area contributed by atoms with Crippen LogP contribution in [0.3, 0.4) is 0 Å². The van der Waals surface area contributed by atoms with E-state index in [0.29, 0.717) is 13.2 Å². The third-order valence-corrected chi connectivity index (χ3v) is 4.91. The first kappa shape index (κ1) is 16.9. The zero-order valence-electron chi connectivity index (χ0n) is 15.3. The normalized spacial score (nSPS) is 16.9. The Morgan fingerprint density at radius 1 is 1.00 bits per heavy atom. The quantitative estimate of drug-likeness (QED) is 0.641. The van der Waals surface area contributed by atoms with Gasteiger partial charge in [0.1, 0.15) is 12.7 Å². The molecule has 0 bridgehead atoms. The lowest BCUT2D eigenvalue weighted by molar-refractivity contribution is 0.0849. The summed E-state index contributed by atoms with van der Waals surface area (Å²) < 4.78 is 22.6. The van der Waals surface area contributed by atoms with E-state index in [9.17, 15) is 0 Å². The standard InChI is InChI=1S/C21H21N3O4/c1-2-4-19-17(3-1)25-12-16(28-19)7-8-22-10-15-11-23-24-21(15)14-5-6-18-20(9-14)27-13-26-18/h1-6,9,11,16,22H,7-8,10,12-13H2,(H,23,24)/t16-/m0/s1. The first-order valence-corrected chi connectivity index (χ1v) is 9.38. The molecule has 28 heavy (non-hydrogen) atoms. The fourth-order valence-corrected chi connectivity index (χ4v) is 3.44. The van der Waals surface area contributed by atoms with Gasteiger partial charge in [-0.15, -0.1) is 0 Å². The van der Waals surface area contributed by atoms with E-state index in [-0.39, 0.29) is 12.9 Å². The SMILES string of the molecule is c1ccc2c(c1)OC[C@H](CCNCc1cn[nH]c1-c1ccc3c(c1)OCO3)O2. The number of fused-ring (bicyclic) bond motifs is 2. The molecule has 0 saturated carbocycles. The molecule has 1 atom stereocenters. The highest BCUT2D eigenvalue weighted by atomic mass is 16.7. The third kappa shape index (κ3) is 3.36. The Kier molecular flexibility index (Phi) is 4.50. The van der Waals surface area contributed by atoms with Gasteiger partial charge in [-0.2, -0.15) is 5.10 Å². The van der Waals surface area contributed by atoms with Crippen molar-refractivity contribution in [3.63, 3.8) is 0 Å². The summed E-state index contributed by atoms with van der Waals surface area (Å²) in [6.45, 7) is 2.38. The van der Waals surface area contributed by atoms with E-state index >= 15 is 0 Å². The molecule has 0 amide bonds. The molecule has 0 unspecified atom stereocenters. The number of hydrogen-bond acceptors (Lipinski definition) is 6. The average molecular weight is 379 g/mol. The lowest BCUT2D eigenvalue weighted by atomic mass is 10.1. The molecular formula is C21H21N3O4. The lowest BCUT2D eigenvalue weighted by Gasteiger charge is -2.26. The van der Waals surface area contributed by atoms with Crippen LogP contribution in [0.1, 0.15) is 12.0 Å². The van der Waals surface area contributed by atoms with Gasteiger partial charge in [0.25, 0.3) is 0 Å². The molecule has 5 rings (SSSR count). The highest BCUT2D eigenvalue weighted by Gasteiger charge is 2.20. The van der Waals surface area contributed by atoms with Crippen LogP contribution in [0.2, 0.25) is 0 Å². The summed E-state index contributed by atoms with van der Waals surface area (Å²) in [5, 5.41) is 10.8. The molecule has 3 heterocycles. The number of rotatable bonds is 6. The lowest BCUT2D eigenvalue weighted by Crippen LogP contribution is -2.32. The molecule has 7 heteroatoms. The van der Waals surface area contributed by atoms with Gasteiger partial charge in [0.2, 0.25) is 6.79 Å². The summed E-state index contributed by atoms with van der Waals surface area (Å²) in [5.41, 5.74) is 3.11. The number of para-hydroxylation sites is 2. The van der Waals surface area contributed by atoms with Crippen LogP contribution in [0.15, 0.2) is 48.7 Å². The van der Waals surface area contributed by atoms with Crippen LogP contribution in [0, 0.1) is 0 Å². The number of H-pyrrole nitrogens is 1. The van der Waals surface area contributed by atoms with E-state index in [1.165, 1.54) is 0 Å². The molecule has 2 aliphatic rings. The zero-order chi connectivity index (χ0) is 18.8. The summed E-state index contributed by atoms with van der Waals surface area (Å²) in [4.78, 5) is 0. The summed E-state index contributed by atoms with van der Waals surface area (Å²) in [5.74, 6) is 3.18. The van der Waals surface area contributed by atoms with Gasteiger partial charge in [0.05, 0.1) is 11.9 Å². The number of hydrogen-bond donors (Lipinski definition) is 2. The van der Waals surface area contributed by atoms with E-state index in [1.54, 1.807) is 0 Å². The maximum atomic E-state index is 6.00. The Bertz CT molecular complexity index is 972. The van der Waals surface area contributed by atoms with Gasteiger partial charge >= 0.3 is 0 Å². The van der Waals surface area contributed by atoms with Crippen molar-refractivity contribution < 1.29 is 18.9 Å². The second-order valence-corrected chi connectivity index (χ2v) is 6.80. The second-order valence-electron chi connectivity index (χ2n) is 6.80. The fraction of sp³-hybridized carbons (Fsp3) is 0.286. The van der Waals surface area contributed by atoms with Crippen molar-refractivity contribution >= 4 is 0 Å². The van der Waals surface area contributed by atoms with Crippen LogP contribution in [0.4, 0.5) is 0 Å². The van der Waals surface area contributed by atoms with Gasteiger partial charge in [0, 0.05) is 24.1 Å². The monoisotopic (exact) mass is 379 g/mol. The number of nitrogens with one attached hydrogen (secondary N) is 2. The van der Waals surface area contributed by atoms with Crippen molar-refractivity contribution in [3.8, 4) is 34.3 Å². The van der Waals surface area contributed by atoms with Crippen LogP contribution in [0.5, 0.6) is 23.0 Å². The van der Waals surface area contributed by atoms with E-state index in [0.717, 1.165) is 52.8 Å². The first-order chi connectivity index (χ1) is 13.9. The van der Waals surface area contributed by atoms with Gasteiger partial charge in [-0.3, -0.25) is 5.10 Å². The number of aromatic amines is 1. The number of benzene rings is 2. The van der Waals surface area contributed by atoms with Gasteiger partial charge in [-0.05, 0) is 36.9 Å². The highest BCUT2D eigenvalue weighted by Crippen LogP contribution is 2.36. The van der Waals surface area contributed by atoms with E-state index < -0.39 is 0 Å². The van der Waals surface area contributed by atoms with Gasteiger partial charge in [0.15, 0.2) is 23.0 Å². The summed E-state index contributed by atoms with van der Waals surface area (Å²) in [6, 6.07) is 13.7. The zero-order valence-corrected chi connectivity index (χ0v) is 15.3. The van der Waals surface area contributed by atoms with E-state index in [2.05, 4.69) is 15.5 Å². The number of aromatic nitrogens is 2. The molecule has 0 spiro atoms. The Morgan fingerprint density at radius 3 is 2.82 bits per heavy atom. The predicted octanol–water partition coefficient (Wildman–Crippen LogP) is 3.13. The van der Waals surface area contributed by atoms with E-state index in [1.807, 2.05) is 48.7 Å². The van der Waals surface area contributed by atoms with Crippen molar-refractivity contribution in [2.45, 2.75) is 19.1 Å². The molecule has 2 aromatic carbocycles. The molecule has 1 aromatic heterocycles. The topological polar surface area (TPSA) is 77.6 Å². The minimum absolute atomic E-state index is 0.0556. The second kappa shape index (κ2) is 7.44. The molecule has 0 aliphatic carbocycles. The molecule has 2 N–H and O–H groups in total. The van der Waals surface area contributed by atoms with Gasteiger partial charge in [-0.1, -0.05) is 12.1 Å². The largest absolute Gasteiger partial charge is 0.486 e. The third-order valence-electron chi connectivity index (χ3n) is 4.91. The molecular weight excluding hydrogens is 358 g/mol. The Labute approximate surface area is 162 Å². The summed E-state index contributed by atoms with van der Waals surface area (Å²) in [7, 11) is 0. The van der Waals surface area contributed by atoms with Crippen molar-refractivity contribution in [2.75, 3.05) is 19.9 Å². The minimum atomic E-state index is 0.0556. The van der Waals surface area contributed by atoms with Gasteiger partial charge < -0.3 is 24.3 Å².